The van der Waals surface area contributed by atoms with Crippen molar-refractivity contribution in [2.45, 2.75) is 26.1 Å². The molecule has 0 unspecified atom stereocenters. The van der Waals surface area contributed by atoms with Gasteiger partial charge in [0.25, 0.3) is 5.91 Å². The summed E-state index contributed by atoms with van der Waals surface area (Å²) in [6, 6.07) is 7.18. The minimum atomic E-state index is -4.76. The zero-order valence-corrected chi connectivity index (χ0v) is 17.6. The molecule has 1 saturated heterocycles. The number of carbonyl (C=O) groups excluding carboxylic acids is 2. The van der Waals surface area contributed by atoms with Crippen LogP contribution >= 0.6 is 0 Å². The quantitative estimate of drug-likeness (QED) is 0.701. The van der Waals surface area contributed by atoms with E-state index in [0.717, 1.165) is 6.07 Å². The molecule has 32 heavy (non-hydrogen) atoms. The fraction of sp³-hybridized carbons (Fsp3) is 0.364. The predicted molar refractivity (Wildman–Crippen MR) is 110 cm³/mol. The van der Waals surface area contributed by atoms with Crippen LogP contribution in [0.5, 0.6) is 5.75 Å². The van der Waals surface area contributed by atoms with Gasteiger partial charge in [-0.05, 0) is 50.2 Å². The van der Waals surface area contributed by atoms with E-state index in [9.17, 15) is 27.2 Å². The molecule has 1 fully saturated rings. The van der Waals surface area contributed by atoms with Crippen LogP contribution in [0.25, 0.3) is 0 Å². The Hall–Kier alpha value is -3.30. The van der Waals surface area contributed by atoms with E-state index in [1.165, 1.54) is 24.3 Å². The van der Waals surface area contributed by atoms with E-state index in [1.54, 1.807) is 23.6 Å². The Morgan fingerprint density at radius 3 is 2.22 bits per heavy atom. The maximum Gasteiger partial charge on any atom is 0.419 e. The molecule has 0 aromatic heterocycles. The minimum Gasteiger partial charge on any atom is -0.490 e. The molecule has 0 radical (unpaired) electrons. The molecule has 0 atom stereocenters. The van der Waals surface area contributed by atoms with Gasteiger partial charge in [-0.15, -0.1) is 0 Å². The smallest absolute Gasteiger partial charge is 0.419 e. The number of hydrogen-bond acceptors (Lipinski definition) is 4. The van der Waals surface area contributed by atoms with Gasteiger partial charge < -0.3 is 20.3 Å². The third-order valence-electron chi connectivity index (χ3n) is 5.05. The number of primary amides is 1. The number of nitrogens with zero attached hydrogens (tertiary/aromatic N) is 2. The number of amides is 2. The molecule has 2 aromatic carbocycles. The zero-order valence-electron chi connectivity index (χ0n) is 17.6. The first-order valence-electron chi connectivity index (χ1n) is 9.99. The van der Waals surface area contributed by atoms with Crippen LogP contribution in [0.1, 0.15) is 40.1 Å². The van der Waals surface area contributed by atoms with Crippen molar-refractivity contribution in [2.24, 2.45) is 5.73 Å². The molecular weight excluding hydrogens is 430 g/mol. The van der Waals surface area contributed by atoms with E-state index >= 15 is 0 Å². The van der Waals surface area contributed by atoms with Crippen LogP contribution in [0, 0.1) is 5.82 Å². The zero-order chi connectivity index (χ0) is 23.6. The summed E-state index contributed by atoms with van der Waals surface area (Å²) in [7, 11) is 0. The first-order chi connectivity index (χ1) is 15.0. The van der Waals surface area contributed by atoms with E-state index in [2.05, 4.69) is 0 Å². The summed E-state index contributed by atoms with van der Waals surface area (Å²) in [5.41, 5.74) is 4.69. The molecule has 3 rings (SSSR count). The molecule has 1 aliphatic heterocycles. The standard InChI is InChI=1S/C22H23F4N3O3/c1-13(2)32-19-6-3-14(20(27)30)11-16(19)21(31)29-9-7-28(8-10-29)15-4-5-17(18(23)12-15)22(24,25)26/h3-6,11-13H,7-10H2,1-2H3,(H2,27,30). The molecule has 172 valence electrons. The van der Waals surface area contributed by atoms with E-state index in [4.69, 9.17) is 10.5 Å². The number of carbonyl (C=O) groups is 2. The first kappa shape index (κ1) is 23.4. The highest BCUT2D eigenvalue weighted by molar-refractivity contribution is 6.01. The lowest BCUT2D eigenvalue weighted by atomic mass is 10.1. The number of rotatable bonds is 5. The Balaban J connectivity index is 1.75. The van der Waals surface area contributed by atoms with E-state index in [-0.39, 0.29) is 36.2 Å². The second kappa shape index (κ2) is 9.05. The van der Waals surface area contributed by atoms with Crippen molar-refractivity contribution in [1.82, 2.24) is 4.90 Å². The van der Waals surface area contributed by atoms with Crippen molar-refractivity contribution in [3.8, 4) is 5.75 Å². The number of hydrogen-bond donors (Lipinski definition) is 1. The van der Waals surface area contributed by atoms with Crippen molar-refractivity contribution in [2.75, 3.05) is 31.1 Å². The van der Waals surface area contributed by atoms with Crippen molar-refractivity contribution >= 4 is 17.5 Å². The van der Waals surface area contributed by atoms with E-state index in [1.807, 2.05) is 0 Å². The summed E-state index contributed by atoms with van der Waals surface area (Å²) in [6.07, 6.45) is -4.96. The van der Waals surface area contributed by atoms with Crippen LogP contribution in [0.2, 0.25) is 0 Å². The number of benzene rings is 2. The molecular formula is C22H23F4N3O3. The molecule has 2 aromatic rings. The van der Waals surface area contributed by atoms with Crippen LogP contribution in [-0.4, -0.2) is 49.0 Å². The number of piperazine rings is 1. The monoisotopic (exact) mass is 453 g/mol. The second-order valence-electron chi connectivity index (χ2n) is 7.68. The molecule has 2 amide bonds. The summed E-state index contributed by atoms with van der Waals surface area (Å²) < 4.78 is 57.9. The van der Waals surface area contributed by atoms with Gasteiger partial charge in [0.2, 0.25) is 5.91 Å². The Morgan fingerprint density at radius 1 is 1.03 bits per heavy atom. The van der Waals surface area contributed by atoms with Crippen molar-refractivity contribution in [3.63, 3.8) is 0 Å². The summed E-state index contributed by atoms with van der Waals surface area (Å²) in [6.45, 7) is 4.71. The molecule has 6 nitrogen and oxygen atoms in total. The molecule has 0 aliphatic carbocycles. The lowest BCUT2D eigenvalue weighted by Crippen LogP contribution is -2.49. The number of anilines is 1. The number of alkyl halides is 3. The van der Waals surface area contributed by atoms with Gasteiger partial charge >= 0.3 is 6.18 Å². The van der Waals surface area contributed by atoms with Crippen LogP contribution in [0.3, 0.4) is 0 Å². The minimum absolute atomic E-state index is 0.170. The van der Waals surface area contributed by atoms with Gasteiger partial charge in [-0.25, -0.2) is 4.39 Å². The first-order valence-corrected chi connectivity index (χ1v) is 9.99. The molecule has 1 heterocycles. The van der Waals surface area contributed by atoms with Crippen molar-refractivity contribution in [3.05, 3.63) is 58.9 Å². The highest BCUT2D eigenvalue weighted by Crippen LogP contribution is 2.33. The van der Waals surface area contributed by atoms with Gasteiger partial charge in [0.05, 0.1) is 17.2 Å². The van der Waals surface area contributed by atoms with Crippen LogP contribution < -0.4 is 15.4 Å². The predicted octanol–water partition coefficient (Wildman–Crippen LogP) is 3.69. The Morgan fingerprint density at radius 2 is 1.69 bits per heavy atom. The Bertz CT molecular complexity index is 1020. The van der Waals surface area contributed by atoms with Crippen LogP contribution in [0.15, 0.2) is 36.4 Å². The maximum atomic E-state index is 13.9. The van der Waals surface area contributed by atoms with E-state index < -0.39 is 23.5 Å². The number of nitrogens with two attached hydrogens (primary N) is 1. The Kier molecular flexibility index (Phi) is 6.61. The van der Waals surface area contributed by atoms with Crippen molar-refractivity contribution in [1.29, 1.82) is 0 Å². The second-order valence-corrected chi connectivity index (χ2v) is 7.68. The summed E-state index contributed by atoms with van der Waals surface area (Å²) >= 11 is 0. The largest absolute Gasteiger partial charge is 0.490 e. The van der Waals surface area contributed by atoms with Crippen LogP contribution in [0.4, 0.5) is 23.2 Å². The van der Waals surface area contributed by atoms with Gasteiger partial charge in [-0.3, -0.25) is 9.59 Å². The summed E-state index contributed by atoms with van der Waals surface area (Å²) in [5.74, 6) is -2.05. The fourth-order valence-electron chi connectivity index (χ4n) is 3.48. The molecule has 2 N–H and O–H groups in total. The molecule has 0 spiro atoms. The summed E-state index contributed by atoms with van der Waals surface area (Å²) in [5, 5.41) is 0. The Labute approximate surface area is 182 Å². The molecule has 0 bridgehead atoms. The SMILES string of the molecule is CC(C)Oc1ccc(C(N)=O)cc1C(=O)N1CCN(c2ccc(C(F)(F)F)c(F)c2)CC1. The fourth-order valence-corrected chi connectivity index (χ4v) is 3.48. The maximum absolute atomic E-state index is 13.9. The van der Waals surface area contributed by atoms with Gasteiger partial charge in [-0.1, -0.05) is 0 Å². The van der Waals surface area contributed by atoms with Gasteiger partial charge in [0.15, 0.2) is 0 Å². The normalized spacial score (nSPS) is 14.6. The third kappa shape index (κ3) is 5.12. The van der Waals surface area contributed by atoms with Gasteiger partial charge in [-0.2, -0.15) is 13.2 Å². The average molecular weight is 453 g/mol. The lowest BCUT2D eigenvalue weighted by Gasteiger charge is -2.36. The highest BCUT2D eigenvalue weighted by atomic mass is 19.4. The average Bonchev–Trinajstić information content (AvgIpc) is 2.72. The van der Waals surface area contributed by atoms with E-state index in [0.29, 0.717) is 30.6 Å². The third-order valence-corrected chi connectivity index (χ3v) is 5.05. The molecule has 0 saturated carbocycles. The topological polar surface area (TPSA) is 75.9 Å². The highest BCUT2D eigenvalue weighted by Gasteiger charge is 2.34. The number of halogens is 4. The summed E-state index contributed by atoms with van der Waals surface area (Å²) in [4.78, 5) is 27.9. The lowest BCUT2D eigenvalue weighted by molar-refractivity contribution is -0.139. The molecule has 1 aliphatic rings. The van der Waals surface area contributed by atoms with Crippen LogP contribution in [-0.2, 0) is 6.18 Å². The van der Waals surface area contributed by atoms with Gasteiger partial charge in [0, 0.05) is 37.4 Å². The van der Waals surface area contributed by atoms with Crippen molar-refractivity contribution < 1.29 is 31.9 Å². The number of ether oxygens (including phenoxy) is 1. The molecule has 10 heteroatoms. The van der Waals surface area contributed by atoms with Gasteiger partial charge in [0.1, 0.15) is 11.6 Å².